The molecule has 0 spiro atoms. The molecule has 1 N–H and O–H groups in total. The molecule has 3 nitrogen and oxygen atoms in total. The van der Waals surface area contributed by atoms with Crippen molar-refractivity contribution in [3.05, 3.63) is 17.0 Å². The van der Waals surface area contributed by atoms with E-state index in [0.29, 0.717) is 12.5 Å². The van der Waals surface area contributed by atoms with Gasteiger partial charge in [-0.3, -0.25) is 4.79 Å². The van der Waals surface area contributed by atoms with Crippen molar-refractivity contribution in [3.63, 3.8) is 0 Å². The van der Waals surface area contributed by atoms with Crippen molar-refractivity contribution in [1.82, 2.24) is 0 Å². The third-order valence-corrected chi connectivity index (χ3v) is 3.98. The lowest BCUT2D eigenvalue weighted by Gasteiger charge is -2.31. The van der Waals surface area contributed by atoms with Crippen molar-refractivity contribution in [2.45, 2.75) is 12.8 Å². The Morgan fingerprint density at radius 1 is 1.47 bits per heavy atom. The fraction of sp³-hybridized carbons (Fsp3) is 0.545. The number of hydrogen-bond acceptors (Lipinski definition) is 4. The van der Waals surface area contributed by atoms with Gasteiger partial charge in [-0.15, -0.1) is 11.3 Å². The van der Waals surface area contributed by atoms with E-state index < -0.39 is 0 Å². The number of carbonyl (C=O) groups excluding carboxylic acids is 1. The minimum atomic E-state index is 0.303. The van der Waals surface area contributed by atoms with Crippen LogP contribution in [0.15, 0.2) is 12.1 Å². The van der Waals surface area contributed by atoms with Crippen molar-refractivity contribution in [2.24, 2.45) is 5.92 Å². The summed E-state index contributed by atoms with van der Waals surface area (Å²) in [6.07, 6.45) is 2.99. The van der Waals surface area contributed by atoms with Crippen molar-refractivity contribution in [1.29, 1.82) is 0 Å². The van der Waals surface area contributed by atoms with Crippen LogP contribution < -0.4 is 4.90 Å². The molecule has 4 heteroatoms. The average molecular weight is 225 g/mol. The van der Waals surface area contributed by atoms with Gasteiger partial charge in [0.05, 0.1) is 9.88 Å². The summed E-state index contributed by atoms with van der Waals surface area (Å²) in [6, 6.07) is 3.87. The van der Waals surface area contributed by atoms with Crippen molar-refractivity contribution < 1.29 is 9.90 Å². The first-order chi connectivity index (χ1) is 7.33. The summed E-state index contributed by atoms with van der Waals surface area (Å²) in [7, 11) is 0. The third-order valence-electron chi connectivity index (χ3n) is 2.91. The number of carbonyl (C=O) groups is 1. The highest BCUT2D eigenvalue weighted by Gasteiger charge is 2.19. The van der Waals surface area contributed by atoms with Gasteiger partial charge in [0, 0.05) is 19.7 Å². The summed E-state index contributed by atoms with van der Waals surface area (Å²) in [4.78, 5) is 13.6. The van der Waals surface area contributed by atoms with Gasteiger partial charge in [-0.1, -0.05) is 0 Å². The number of hydrogen-bond donors (Lipinski definition) is 1. The Labute approximate surface area is 93.3 Å². The van der Waals surface area contributed by atoms with E-state index in [4.69, 9.17) is 5.11 Å². The minimum Gasteiger partial charge on any atom is -0.396 e. The Bertz CT molecular complexity index is 329. The standard InChI is InChI=1S/C11H15NO2S/c13-7-9-3-5-12(6-4-9)11-2-1-10(8-14)15-11/h1-2,8-9,13H,3-7H2. The zero-order valence-electron chi connectivity index (χ0n) is 8.56. The van der Waals surface area contributed by atoms with Gasteiger partial charge in [0.15, 0.2) is 6.29 Å². The summed E-state index contributed by atoms with van der Waals surface area (Å²) in [6.45, 7) is 2.28. The van der Waals surface area contributed by atoms with E-state index in [1.54, 1.807) is 11.3 Å². The molecule has 0 unspecified atom stereocenters. The maximum atomic E-state index is 10.6. The molecule has 0 aliphatic carbocycles. The van der Waals surface area contributed by atoms with Crippen LogP contribution in [-0.4, -0.2) is 31.1 Å². The number of rotatable bonds is 3. The predicted octanol–water partition coefficient (Wildman–Crippen LogP) is 1.77. The molecule has 1 saturated heterocycles. The number of thiophene rings is 1. The zero-order valence-corrected chi connectivity index (χ0v) is 9.37. The van der Waals surface area contributed by atoms with E-state index in [1.807, 2.05) is 12.1 Å². The molecule has 82 valence electrons. The van der Waals surface area contributed by atoms with Crippen LogP contribution in [-0.2, 0) is 0 Å². The van der Waals surface area contributed by atoms with Crippen LogP contribution in [0, 0.1) is 5.92 Å². The van der Waals surface area contributed by atoms with Crippen molar-refractivity contribution in [3.8, 4) is 0 Å². The van der Waals surface area contributed by atoms with Gasteiger partial charge in [-0.2, -0.15) is 0 Å². The van der Waals surface area contributed by atoms with Crippen LogP contribution in [0.3, 0.4) is 0 Å². The van der Waals surface area contributed by atoms with Gasteiger partial charge in [0.25, 0.3) is 0 Å². The lowest BCUT2D eigenvalue weighted by Crippen LogP contribution is -2.34. The van der Waals surface area contributed by atoms with Gasteiger partial charge in [-0.25, -0.2) is 0 Å². The minimum absolute atomic E-state index is 0.303. The van der Waals surface area contributed by atoms with Crippen LogP contribution in [0.4, 0.5) is 5.00 Å². The number of aliphatic hydroxyl groups excluding tert-OH is 1. The maximum absolute atomic E-state index is 10.6. The Kier molecular flexibility index (Phi) is 3.38. The largest absolute Gasteiger partial charge is 0.396 e. The maximum Gasteiger partial charge on any atom is 0.160 e. The predicted molar refractivity (Wildman–Crippen MR) is 61.7 cm³/mol. The smallest absolute Gasteiger partial charge is 0.160 e. The Hall–Kier alpha value is -0.870. The summed E-state index contributed by atoms with van der Waals surface area (Å²) >= 11 is 1.54. The van der Waals surface area contributed by atoms with Gasteiger partial charge in [-0.05, 0) is 30.9 Å². The lowest BCUT2D eigenvalue weighted by molar-refractivity contribution is 0.112. The monoisotopic (exact) mass is 225 g/mol. The molecule has 2 heterocycles. The van der Waals surface area contributed by atoms with Crippen LogP contribution in [0.5, 0.6) is 0 Å². The second-order valence-corrected chi connectivity index (χ2v) is 5.00. The molecule has 0 amide bonds. The molecule has 1 fully saturated rings. The van der Waals surface area contributed by atoms with Crippen molar-refractivity contribution in [2.75, 3.05) is 24.6 Å². The summed E-state index contributed by atoms with van der Waals surface area (Å²) in [5, 5.41) is 10.2. The van der Waals surface area contributed by atoms with Crippen LogP contribution >= 0.6 is 11.3 Å². The van der Waals surface area contributed by atoms with Gasteiger partial charge >= 0.3 is 0 Å². The fourth-order valence-electron chi connectivity index (χ4n) is 1.91. The first kappa shape index (κ1) is 10.6. The van der Waals surface area contributed by atoms with Gasteiger partial charge in [0.1, 0.15) is 0 Å². The Balaban J connectivity index is 1.97. The molecule has 0 aromatic carbocycles. The first-order valence-corrected chi connectivity index (χ1v) is 6.06. The molecule has 1 aromatic heterocycles. The number of anilines is 1. The molecule has 1 aromatic rings. The third kappa shape index (κ3) is 2.38. The van der Waals surface area contributed by atoms with Crippen LogP contribution in [0.1, 0.15) is 22.5 Å². The van der Waals surface area contributed by atoms with Gasteiger partial charge < -0.3 is 10.0 Å². The topological polar surface area (TPSA) is 40.5 Å². The normalized spacial score (nSPS) is 18.1. The molecule has 0 radical (unpaired) electrons. The molecule has 1 aliphatic heterocycles. The molecule has 15 heavy (non-hydrogen) atoms. The summed E-state index contributed by atoms with van der Waals surface area (Å²) < 4.78 is 0. The fourth-order valence-corrected chi connectivity index (χ4v) is 2.78. The number of nitrogens with zero attached hydrogens (tertiary/aromatic N) is 1. The summed E-state index contributed by atoms with van der Waals surface area (Å²) in [5.74, 6) is 0.465. The second-order valence-electron chi connectivity index (χ2n) is 3.91. The molecule has 1 aliphatic rings. The van der Waals surface area contributed by atoms with E-state index in [0.717, 1.165) is 37.1 Å². The van der Waals surface area contributed by atoms with E-state index in [2.05, 4.69) is 4.90 Å². The molecular weight excluding hydrogens is 210 g/mol. The average Bonchev–Trinajstić information content (AvgIpc) is 2.78. The Morgan fingerprint density at radius 3 is 2.73 bits per heavy atom. The first-order valence-electron chi connectivity index (χ1n) is 5.24. The van der Waals surface area contributed by atoms with Crippen LogP contribution in [0.2, 0.25) is 0 Å². The number of aldehydes is 1. The van der Waals surface area contributed by atoms with E-state index in [1.165, 1.54) is 5.00 Å². The molecule has 0 bridgehead atoms. The van der Waals surface area contributed by atoms with Crippen LogP contribution in [0.25, 0.3) is 0 Å². The van der Waals surface area contributed by atoms with E-state index >= 15 is 0 Å². The highest BCUT2D eigenvalue weighted by atomic mass is 32.1. The highest BCUT2D eigenvalue weighted by molar-refractivity contribution is 7.17. The zero-order chi connectivity index (χ0) is 10.7. The van der Waals surface area contributed by atoms with E-state index in [-0.39, 0.29) is 0 Å². The number of piperidine rings is 1. The van der Waals surface area contributed by atoms with E-state index in [9.17, 15) is 4.79 Å². The molecular formula is C11H15NO2S. The highest BCUT2D eigenvalue weighted by Crippen LogP contribution is 2.28. The van der Waals surface area contributed by atoms with Crippen molar-refractivity contribution >= 4 is 22.6 Å². The molecule has 2 rings (SSSR count). The lowest BCUT2D eigenvalue weighted by atomic mass is 9.98. The van der Waals surface area contributed by atoms with Gasteiger partial charge in [0.2, 0.25) is 0 Å². The number of aliphatic hydroxyl groups is 1. The molecule has 0 saturated carbocycles. The quantitative estimate of drug-likeness (QED) is 0.797. The molecule has 0 atom stereocenters. The summed E-state index contributed by atoms with van der Waals surface area (Å²) in [5.41, 5.74) is 0. The second kappa shape index (κ2) is 4.77. The Morgan fingerprint density at radius 2 is 2.20 bits per heavy atom. The SMILES string of the molecule is O=Cc1ccc(N2CCC(CO)CC2)s1.